The molecular weight excluding hydrogens is 294 g/mol. The Balaban J connectivity index is -0.0000000907. The van der Waals surface area contributed by atoms with Crippen LogP contribution in [0.5, 0.6) is 0 Å². The van der Waals surface area contributed by atoms with Gasteiger partial charge in [0.2, 0.25) is 0 Å². The Morgan fingerprint density at radius 3 is 1.29 bits per heavy atom. The zero-order chi connectivity index (χ0) is 17.4. The van der Waals surface area contributed by atoms with Gasteiger partial charge >= 0.3 is 49.0 Å². The quantitative estimate of drug-likeness (QED) is 0.459. The molecule has 0 atom stereocenters. The molecule has 1 aliphatic rings. The monoisotopic (exact) mass is 327 g/mol. The molecule has 0 fully saturated rings. The molecule has 0 bridgehead atoms. The molecule has 0 saturated heterocycles. The van der Waals surface area contributed by atoms with Gasteiger partial charge in [-0.3, -0.25) is 0 Å². The zero-order valence-corrected chi connectivity index (χ0v) is 16.7. The van der Waals surface area contributed by atoms with Crippen LogP contribution in [0.25, 0.3) is 16.0 Å². The molecule has 21 heavy (non-hydrogen) atoms. The summed E-state index contributed by atoms with van der Waals surface area (Å²) < 4.78 is 1.47. The maximum atomic E-state index is 3.50. The Labute approximate surface area is 145 Å². The number of hydrogen-bond acceptors (Lipinski definition) is 0. The predicted octanol–water partition coefficient (Wildman–Crippen LogP) is 5.37. The fourth-order valence-corrected chi connectivity index (χ4v) is 1.00. The average Bonchev–Trinajstić information content (AvgIpc) is 2.91. The van der Waals surface area contributed by atoms with Crippen LogP contribution in [0.2, 0.25) is 0 Å². The third-order valence-electron chi connectivity index (χ3n) is 1.27. The van der Waals surface area contributed by atoms with E-state index in [1.165, 1.54) is 10.3 Å². The summed E-state index contributed by atoms with van der Waals surface area (Å²) in [5, 5.41) is 10.5. The van der Waals surface area contributed by atoms with Crippen LogP contribution in [0.3, 0.4) is 0 Å². The first-order chi connectivity index (χ1) is 10.1. The second-order valence-electron chi connectivity index (χ2n) is 3.72. The van der Waals surface area contributed by atoms with E-state index >= 15 is 0 Å². The van der Waals surface area contributed by atoms with Gasteiger partial charge in [0, 0.05) is 0 Å². The standard InChI is InChI=1S/C6H10.C5H5.3C2H6N.Ti/c1-3-5-6-4-2;1-2-4-5-3-1;3*1-3-2;/h3-6H,1-2H3;1-3H,4H2;3*1-2H3;/q;;3*-1;+3. The summed E-state index contributed by atoms with van der Waals surface area (Å²) in [6, 6.07) is 0. The van der Waals surface area contributed by atoms with Crippen molar-refractivity contribution in [3.63, 3.8) is 0 Å². The molecule has 0 spiro atoms. The van der Waals surface area contributed by atoms with Crippen LogP contribution < -0.4 is 0 Å². The van der Waals surface area contributed by atoms with Crippen molar-refractivity contribution in [3.8, 4) is 0 Å². The van der Waals surface area contributed by atoms with E-state index in [-0.39, 0.29) is 0 Å². The third-order valence-corrected chi connectivity index (χ3v) is 1.85. The number of rotatable bonds is 1. The molecule has 0 amide bonds. The zero-order valence-electron chi connectivity index (χ0n) is 15.1. The molecule has 4 heteroatoms. The van der Waals surface area contributed by atoms with E-state index in [9.17, 15) is 0 Å². The SMILES string of the molecule is CC=CC=CC.C[N-]C.C[N-]C.C[N-]C.[Ti+3][C]1=CC=CC1. The number of nitrogens with zero attached hydrogens (tertiary/aromatic N) is 3. The van der Waals surface area contributed by atoms with Crippen LogP contribution in [-0.2, 0) is 20.4 Å². The van der Waals surface area contributed by atoms with Crippen LogP contribution in [0, 0.1) is 0 Å². The van der Waals surface area contributed by atoms with Crippen molar-refractivity contribution in [2.45, 2.75) is 20.3 Å². The predicted molar refractivity (Wildman–Crippen MR) is 97.1 cm³/mol. The fraction of sp³-hybridized carbons (Fsp3) is 0.529. The summed E-state index contributed by atoms with van der Waals surface area (Å²) in [6.07, 6.45) is 15.6. The van der Waals surface area contributed by atoms with Gasteiger partial charge in [-0.1, -0.05) is 24.3 Å². The van der Waals surface area contributed by atoms with Gasteiger partial charge in [0.05, 0.1) is 0 Å². The van der Waals surface area contributed by atoms with Gasteiger partial charge in [0.1, 0.15) is 0 Å². The van der Waals surface area contributed by atoms with Crippen molar-refractivity contribution in [1.82, 2.24) is 0 Å². The summed E-state index contributed by atoms with van der Waals surface area (Å²) in [4.78, 5) is 0. The van der Waals surface area contributed by atoms with Gasteiger partial charge in [-0.25, -0.2) is 0 Å². The van der Waals surface area contributed by atoms with Gasteiger partial charge in [-0.05, 0) is 13.8 Å². The van der Waals surface area contributed by atoms with Crippen LogP contribution in [0.1, 0.15) is 20.3 Å². The summed E-state index contributed by atoms with van der Waals surface area (Å²) >= 11 is 2.14. The molecule has 0 aromatic heterocycles. The summed E-state index contributed by atoms with van der Waals surface area (Å²) in [7, 11) is 10.5. The molecule has 120 valence electrons. The van der Waals surface area contributed by atoms with E-state index in [1.54, 1.807) is 42.3 Å². The van der Waals surface area contributed by atoms with Gasteiger partial charge in [0.15, 0.2) is 0 Å². The first-order valence-electron chi connectivity index (χ1n) is 6.81. The molecule has 0 heterocycles. The molecule has 0 saturated carbocycles. The average molecular weight is 327 g/mol. The number of allylic oxidation sites excluding steroid dienone is 8. The minimum absolute atomic E-state index is 1.17. The van der Waals surface area contributed by atoms with E-state index < -0.39 is 0 Å². The molecule has 1 rings (SSSR count). The molecule has 0 aromatic carbocycles. The van der Waals surface area contributed by atoms with Crippen LogP contribution in [0.4, 0.5) is 0 Å². The summed E-state index contributed by atoms with van der Waals surface area (Å²) in [5.74, 6) is 0. The van der Waals surface area contributed by atoms with E-state index in [1.807, 2.05) is 38.2 Å². The Kier molecular flexibility index (Phi) is 50.0. The van der Waals surface area contributed by atoms with Crippen molar-refractivity contribution in [3.05, 3.63) is 62.4 Å². The van der Waals surface area contributed by atoms with Crippen molar-refractivity contribution in [1.29, 1.82) is 0 Å². The second-order valence-corrected chi connectivity index (χ2v) is 4.72. The molecule has 0 unspecified atom stereocenters. The van der Waals surface area contributed by atoms with Gasteiger partial charge in [0.25, 0.3) is 0 Å². The fourth-order valence-electron chi connectivity index (χ4n) is 0.669. The van der Waals surface area contributed by atoms with E-state index in [0.29, 0.717) is 0 Å². The minimum atomic E-state index is 1.17. The van der Waals surface area contributed by atoms with Gasteiger partial charge in [-0.15, -0.1) is 0 Å². The first kappa shape index (κ1) is 28.7. The van der Waals surface area contributed by atoms with E-state index in [4.69, 9.17) is 0 Å². The van der Waals surface area contributed by atoms with E-state index in [0.717, 1.165) is 0 Å². The topological polar surface area (TPSA) is 42.3 Å². The molecule has 0 radical (unpaired) electrons. The third kappa shape index (κ3) is 66.0. The van der Waals surface area contributed by atoms with E-state index in [2.05, 4.69) is 54.6 Å². The Morgan fingerprint density at radius 1 is 0.857 bits per heavy atom. The molecule has 0 N–H and O–H groups in total. The maximum absolute atomic E-state index is 3.50. The molecule has 1 aliphatic carbocycles. The Morgan fingerprint density at radius 2 is 1.19 bits per heavy atom. The first-order valence-corrected chi connectivity index (χ1v) is 7.59. The van der Waals surface area contributed by atoms with Gasteiger partial charge in [-0.2, -0.15) is 42.3 Å². The van der Waals surface area contributed by atoms with Crippen molar-refractivity contribution in [2.24, 2.45) is 0 Å². The van der Waals surface area contributed by atoms with Crippen LogP contribution >= 0.6 is 0 Å². The second kappa shape index (κ2) is 36.6. The summed E-state index contributed by atoms with van der Waals surface area (Å²) in [6.45, 7) is 4.00. The molecule has 0 aromatic rings. The molecule has 0 aliphatic heterocycles. The normalized spacial score (nSPS) is 11.2. The van der Waals surface area contributed by atoms with Crippen LogP contribution in [-0.4, -0.2) is 42.3 Å². The molecular formula is C17H33N3Ti. The van der Waals surface area contributed by atoms with Crippen molar-refractivity contribution < 1.29 is 20.4 Å². The van der Waals surface area contributed by atoms with Gasteiger partial charge < -0.3 is 16.0 Å². The number of hydrogen-bond donors (Lipinski definition) is 0. The Bertz CT molecular complexity index is 239. The van der Waals surface area contributed by atoms with Crippen molar-refractivity contribution in [2.75, 3.05) is 42.3 Å². The van der Waals surface area contributed by atoms with Crippen molar-refractivity contribution >= 4 is 0 Å². The summed E-state index contributed by atoms with van der Waals surface area (Å²) in [5.41, 5.74) is 0. The Hall–Kier alpha value is -0.446. The molecule has 3 nitrogen and oxygen atoms in total. The van der Waals surface area contributed by atoms with Crippen LogP contribution in [0.15, 0.2) is 46.4 Å².